The SMILES string of the molecule is CCCCCCCCCC(=O)NC(CCC(=O)N(CCNC(=O)c1nc(-c2ccccc2)oc1C)Cc1ccccc1)C(=O)O. The van der Waals surface area contributed by atoms with E-state index in [4.69, 9.17) is 4.42 Å². The van der Waals surface area contributed by atoms with E-state index in [1.165, 1.54) is 19.3 Å². The van der Waals surface area contributed by atoms with Crippen LogP contribution in [-0.2, 0) is 20.9 Å². The van der Waals surface area contributed by atoms with Crippen LogP contribution in [0.25, 0.3) is 11.5 Å². The standard InChI is InChI=1S/C35H46N4O6/c1-3-4-5-6-7-8-15-20-30(40)37-29(35(43)44)21-22-31(41)39(25-27-16-11-9-12-17-27)24-23-36-33(42)32-26(2)45-34(38-32)28-18-13-10-14-19-28/h9-14,16-19,29H,3-8,15,20-25H2,1-2H3,(H,36,42)(H,37,40)(H,43,44). The molecule has 1 atom stereocenters. The lowest BCUT2D eigenvalue weighted by Gasteiger charge is -2.24. The summed E-state index contributed by atoms with van der Waals surface area (Å²) in [6, 6.07) is 17.5. The summed E-state index contributed by atoms with van der Waals surface area (Å²) >= 11 is 0. The molecule has 3 rings (SSSR count). The van der Waals surface area contributed by atoms with Crippen LogP contribution < -0.4 is 10.6 Å². The van der Waals surface area contributed by atoms with Crippen LogP contribution in [0.1, 0.15) is 92.9 Å². The smallest absolute Gasteiger partial charge is 0.326 e. The Bertz CT molecular complexity index is 1360. The normalized spacial score (nSPS) is 11.5. The summed E-state index contributed by atoms with van der Waals surface area (Å²) in [6.07, 6.45) is 7.61. The highest BCUT2D eigenvalue weighted by Crippen LogP contribution is 2.21. The molecule has 0 radical (unpaired) electrons. The highest BCUT2D eigenvalue weighted by molar-refractivity contribution is 5.93. The number of rotatable bonds is 20. The zero-order valence-corrected chi connectivity index (χ0v) is 26.4. The third-order valence-corrected chi connectivity index (χ3v) is 7.56. The van der Waals surface area contributed by atoms with Gasteiger partial charge in [0.15, 0.2) is 5.69 Å². The van der Waals surface area contributed by atoms with Crippen LogP contribution in [-0.4, -0.2) is 57.8 Å². The summed E-state index contributed by atoms with van der Waals surface area (Å²) in [5.41, 5.74) is 1.83. The maximum Gasteiger partial charge on any atom is 0.326 e. The van der Waals surface area contributed by atoms with Gasteiger partial charge in [0.1, 0.15) is 11.8 Å². The first-order valence-corrected chi connectivity index (χ1v) is 15.9. The first-order valence-electron chi connectivity index (χ1n) is 15.9. The highest BCUT2D eigenvalue weighted by Gasteiger charge is 2.24. The van der Waals surface area contributed by atoms with Gasteiger partial charge in [0.25, 0.3) is 5.91 Å². The highest BCUT2D eigenvalue weighted by atomic mass is 16.4. The number of benzene rings is 2. The lowest BCUT2D eigenvalue weighted by molar-refractivity contribution is -0.142. The zero-order chi connectivity index (χ0) is 32.4. The minimum atomic E-state index is -1.17. The van der Waals surface area contributed by atoms with Crippen molar-refractivity contribution in [3.05, 3.63) is 77.7 Å². The van der Waals surface area contributed by atoms with Gasteiger partial charge in [0, 0.05) is 38.0 Å². The van der Waals surface area contributed by atoms with Crippen molar-refractivity contribution in [3.8, 4) is 11.5 Å². The largest absolute Gasteiger partial charge is 0.480 e. The number of carboxylic acid groups (broad SMARTS) is 1. The van der Waals surface area contributed by atoms with E-state index < -0.39 is 17.9 Å². The van der Waals surface area contributed by atoms with Crippen molar-refractivity contribution < 1.29 is 28.7 Å². The molecule has 3 amide bonds. The Morgan fingerprint density at radius 2 is 1.53 bits per heavy atom. The van der Waals surface area contributed by atoms with Crippen molar-refractivity contribution in [1.29, 1.82) is 0 Å². The van der Waals surface area contributed by atoms with Crippen LogP contribution in [0.4, 0.5) is 0 Å². The molecule has 0 spiro atoms. The minimum absolute atomic E-state index is 0.0328. The Kier molecular flexibility index (Phi) is 14.8. The number of aliphatic carboxylic acids is 1. The monoisotopic (exact) mass is 618 g/mol. The Hall–Kier alpha value is -4.47. The number of unbranched alkanes of at least 4 members (excludes halogenated alkanes) is 6. The van der Waals surface area contributed by atoms with Crippen molar-refractivity contribution in [1.82, 2.24) is 20.5 Å². The lowest BCUT2D eigenvalue weighted by Crippen LogP contribution is -2.42. The average Bonchev–Trinajstić information content (AvgIpc) is 3.44. The van der Waals surface area contributed by atoms with Gasteiger partial charge in [-0.3, -0.25) is 14.4 Å². The van der Waals surface area contributed by atoms with Gasteiger partial charge >= 0.3 is 5.97 Å². The first-order chi connectivity index (χ1) is 21.8. The molecule has 2 aromatic carbocycles. The van der Waals surface area contributed by atoms with Gasteiger partial charge in [-0.15, -0.1) is 0 Å². The van der Waals surface area contributed by atoms with Crippen LogP contribution in [0.3, 0.4) is 0 Å². The molecule has 1 heterocycles. The number of aromatic nitrogens is 1. The molecule has 45 heavy (non-hydrogen) atoms. The minimum Gasteiger partial charge on any atom is -0.480 e. The summed E-state index contributed by atoms with van der Waals surface area (Å²) in [4.78, 5) is 56.5. The average molecular weight is 619 g/mol. The van der Waals surface area contributed by atoms with Crippen molar-refractivity contribution >= 4 is 23.7 Å². The Morgan fingerprint density at radius 3 is 2.20 bits per heavy atom. The van der Waals surface area contributed by atoms with E-state index in [0.717, 1.165) is 30.4 Å². The van der Waals surface area contributed by atoms with E-state index in [2.05, 4.69) is 22.5 Å². The molecule has 10 nitrogen and oxygen atoms in total. The molecule has 0 bridgehead atoms. The number of hydrogen-bond acceptors (Lipinski definition) is 6. The number of nitrogens with one attached hydrogen (secondary N) is 2. The van der Waals surface area contributed by atoms with E-state index in [0.29, 0.717) is 24.6 Å². The molecular formula is C35H46N4O6. The van der Waals surface area contributed by atoms with Gasteiger partial charge < -0.3 is 25.1 Å². The van der Waals surface area contributed by atoms with Crippen LogP contribution in [0.5, 0.6) is 0 Å². The molecule has 0 aliphatic rings. The van der Waals surface area contributed by atoms with Gasteiger partial charge in [-0.2, -0.15) is 0 Å². The Morgan fingerprint density at radius 1 is 0.889 bits per heavy atom. The molecule has 3 aromatic rings. The number of amides is 3. The van der Waals surface area contributed by atoms with Crippen LogP contribution >= 0.6 is 0 Å². The second-order valence-electron chi connectivity index (χ2n) is 11.2. The molecule has 0 fully saturated rings. The van der Waals surface area contributed by atoms with Gasteiger partial charge in [-0.1, -0.05) is 94.0 Å². The molecular weight excluding hydrogens is 572 g/mol. The molecule has 1 aromatic heterocycles. The summed E-state index contributed by atoms with van der Waals surface area (Å²) < 4.78 is 5.70. The van der Waals surface area contributed by atoms with Gasteiger partial charge in [-0.25, -0.2) is 9.78 Å². The quantitative estimate of drug-likeness (QED) is 0.134. The maximum absolute atomic E-state index is 13.3. The summed E-state index contributed by atoms with van der Waals surface area (Å²) in [5.74, 6) is -1.44. The molecule has 3 N–H and O–H groups in total. The van der Waals surface area contributed by atoms with E-state index >= 15 is 0 Å². The van der Waals surface area contributed by atoms with Gasteiger partial charge in [0.05, 0.1) is 0 Å². The predicted octanol–water partition coefficient (Wildman–Crippen LogP) is 5.90. The third kappa shape index (κ3) is 12.2. The van der Waals surface area contributed by atoms with Crippen LogP contribution in [0.2, 0.25) is 0 Å². The van der Waals surface area contributed by atoms with Crippen molar-refractivity contribution in [2.24, 2.45) is 0 Å². The number of aryl methyl sites for hydroxylation is 1. The molecule has 0 aliphatic carbocycles. The molecule has 1 unspecified atom stereocenters. The molecule has 242 valence electrons. The second kappa shape index (κ2) is 19.0. The molecule has 0 saturated heterocycles. The van der Waals surface area contributed by atoms with E-state index in [-0.39, 0.29) is 49.9 Å². The van der Waals surface area contributed by atoms with Crippen molar-refractivity contribution in [2.75, 3.05) is 13.1 Å². The number of nitrogens with zero attached hydrogens (tertiary/aromatic N) is 2. The van der Waals surface area contributed by atoms with Crippen molar-refractivity contribution in [2.45, 2.75) is 90.6 Å². The molecule has 0 saturated carbocycles. The zero-order valence-electron chi connectivity index (χ0n) is 26.4. The fourth-order valence-electron chi connectivity index (χ4n) is 4.99. The number of oxazole rings is 1. The molecule has 0 aliphatic heterocycles. The van der Waals surface area contributed by atoms with Crippen LogP contribution in [0, 0.1) is 6.92 Å². The number of carbonyl (C=O) groups excluding carboxylic acids is 3. The lowest BCUT2D eigenvalue weighted by atomic mass is 10.1. The van der Waals surface area contributed by atoms with Gasteiger partial charge in [0.2, 0.25) is 17.7 Å². The summed E-state index contributed by atoms with van der Waals surface area (Å²) in [5, 5.41) is 15.1. The fraction of sp³-hybridized carbons (Fsp3) is 0.457. The van der Waals surface area contributed by atoms with E-state index in [1.807, 2.05) is 60.7 Å². The third-order valence-electron chi connectivity index (χ3n) is 7.56. The number of carbonyl (C=O) groups is 4. The topological polar surface area (TPSA) is 142 Å². The summed E-state index contributed by atoms with van der Waals surface area (Å²) in [7, 11) is 0. The van der Waals surface area contributed by atoms with Crippen LogP contribution in [0.15, 0.2) is 65.1 Å². The van der Waals surface area contributed by atoms with Crippen molar-refractivity contribution in [3.63, 3.8) is 0 Å². The maximum atomic E-state index is 13.3. The number of hydrogen-bond donors (Lipinski definition) is 3. The second-order valence-corrected chi connectivity index (χ2v) is 11.2. The Labute approximate surface area is 265 Å². The van der Waals surface area contributed by atoms with E-state index in [9.17, 15) is 24.3 Å². The molecule has 10 heteroatoms. The number of carboxylic acids is 1. The van der Waals surface area contributed by atoms with Gasteiger partial charge in [-0.05, 0) is 37.5 Å². The van der Waals surface area contributed by atoms with E-state index in [1.54, 1.807) is 11.8 Å². The Balaban J connectivity index is 1.53. The fourth-order valence-corrected chi connectivity index (χ4v) is 4.99. The summed E-state index contributed by atoms with van der Waals surface area (Å²) in [6.45, 7) is 4.48. The first kappa shape index (κ1) is 35.0. The predicted molar refractivity (Wildman–Crippen MR) is 172 cm³/mol.